The van der Waals surface area contributed by atoms with Gasteiger partial charge in [0.05, 0.1) is 11.9 Å². The van der Waals surface area contributed by atoms with Crippen LogP contribution in [0.5, 0.6) is 0 Å². The molecular weight excluding hydrogens is 340 g/mol. The Morgan fingerprint density at radius 2 is 2.00 bits per heavy atom. The van der Waals surface area contributed by atoms with Gasteiger partial charge < -0.3 is 4.90 Å². The summed E-state index contributed by atoms with van der Waals surface area (Å²) in [5.41, 5.74) is 2.62. The average molecular weight is 373 g/mol. The zero-order valence-electron chi connectivity index (χ0n) is 16.9. The highest BCUT2D eigenvalue weighted by molar-refractivity contribution is 5.91. The Morgan fingerprint density at radius 1 is 1.22 bits per heavy atom. The summed E-state index contributed by atoms with van der Waals surface area (Å²) < 4.78 is 3.82. The smallest absolute Gasteiger partial charge is 0.275 e. The summed E-state index contributed by atoms with van der Waals surface area (Å²) in [4.78, 5) is 14.3. The zero-order chi connectivity index (χ0) is 19.2. The van der Waals surface area contributed by atoms with Crippen LogP contribution < -0.4 is 0 Å². The summed E-state index contributed by atoms with van der Waals surface area (Å²) in [7, 11) is 1.82. The Kier molecular flexibility index (Phi) is 6.63. The summed E-state index contributed by atoms with van der Waals surface area (Å²) in [6.45, 7) is 6.39. The lowest BCUT2D eigenvalue weighted by Gasteiger charge is -2.20. The number of hydrogen-bond acceptors (Lipinski definition) is 4. The van der Waals surface area contributed by atoms with Crippen molar-refractivity contribution in [2.24, 2.45) is 5.92 Å². The second-order valence-corrected chi connectivity index (χ2v) is 7.89. The molecule has 0 saturated heterocycles. The predicted molar refractivity (Wildman–Crippen MR) is 104 cm³/mol. The second-order valence-electron chi connectivity index (χ2n) is 7.89. The largest absolute Gasteiger partial charge is 0.340 e. The maximum absolute atomic E-state index is 12.6. The fraction of sp³-hybridized carbons (Fsp3) is 0.700. The van der Waals surface area contributed by atoms with Crippen LogP contribution in [0.25, 0.3) is 0 Å². The van der Waals surface area contributed by atoms with E-state index in [4.69, 9.17) is 0 Å². The van der Waals surface area contributed by atoms with Crippen LogP contribution in [0.4, 0.5) is 0 Å². The predicted octanol–water partition coefficient (Wildman–Crippen LogP) is 3.22. The van der Waals surface area contributed by atoms with E-state index in [1.807, 2.05) is 23.3 Å². The minimum Gasteiger partial charge on any atom is -0.340 e. The zero-order valence-corrected chi connectivity index (χ0v) is 16.9. The highest BCUT2D eigenvalue weighted by Gasteiger charge is 2.17. The van der Waals surface area contributed by atoms with Gasteiger partial charge in [-0.05, 0) is 38.7 Å². The molecule has 1 fully saturated rings. The summed E-state index contributed by atoms with van der Waals surface area (Å²) in [6.07, 6.45) is 10.5. The molecule has 0 aliphatic heterocycles. The molecule has 0 spiro atoms. The summed E-state index contributed by atoms with van der Waals surface area (Å²) in [5.74, 6) is 0.742. The molecule has 2 aromatic rings. The molecular formula is C20H32N6O. The van der Waals surface area contributed by atoms with Crippen molar-refractivity contribution in [3.63, 3.8) is 0 Å². The lowest BCUT2D eigenvalue weighted by molar-refractivity contribution is 0.0785. The lowest BCUT2D eigenvalue weighted by Crippen LogP contribution is -2.28. The molecule has 3 rings (SSSR count). The highest BCUT2D eigenvalue weighted by Crippen LogP contribution is 2.26. The molecule has 27 heavy (non-hydrogen) atoms. The molecule has 0 bridgehead atoms. The maximum atomic E-state index is 12.6. The van der Waals surface area contributed by atoms with Crippen LogP contribution >= 0.6 is 0 Å². The van der Waals surface area contributed by atoms with Crippen molar-refractivity contribution in [1.29, 1.82) is 0 Å². The molecule has 2 aromatic heterocycles. The molecule has 148 valence electrons. The summed E-state index contributed by atoms with van der Waals surface area (Å²) >= 11 is 0. The normalized spacial score (nSPS) is 15.2. The van der Waals surface area contributed by atoms with E-state index in [0.29, 0.717) is 12.2 Å². The van der Waals surface area contributed by atoms with E-state index in [1.54, 1.807) is 11.1 Å². The third kappa shape index (κ3) is 5.40. The van der Waals surface area contributed by atoms with Crippen LogP contribution in [0, 0.1) is 19.8 Å². The molecule has 0 aromatic carbocycles. The summed E-state index contributed by atoms with van der Waals surface area (Å²) in [5, 5.41) is 12.7. The SMILES string of the molecule is Cc1cc(C)n(CCCN(C)C(=O)c2cn(CCC3CCCCC3)nn2)n1. The minimum absolute atomic E-state index is 0.0627. The van der Waals surface area contributed by atoms with Crippen molar-refractivity contribution in [2.45, 2.75) is 71.9 Å². The van der Waals surface area contributed by atoms with Gasteiger partial charge in [0.25, 0.3) is 5.91 Å². The molecule has 2 heterocycles. The first-order chi connectivity index (χ1) is 13.0. The Bertz CT molecular complexity index is 743. The van der Waals surface area contributed by atoms with E-state index in [2.05, 4.69) is 28.4 Å². The third-order valence-corrected chi connectivity index (χ3v) is 5.56. The van der Waals surface area contributed by atoms with Gasteiger partial charge in [-0.15, -0.1) is 5.10 Å². The molecule has 1 amide bonds. The molecule has 1 aliphatic rings. The monoisotopic (exact) mass is 372 g/mol. The first kappa shape index (κ1) is 19.6. The first-order valence-corrected chi connectivity index (χ1v) is 10.2. The topological polar surface area (TPSA) is 68.8 Å². The van der Waals surface area contributed by atoms with Gasteiger partial charge in [0.1, 0.15) is 0 Å². The number of carbonyl (C=O) groups excluding carboxylic acids is 1. The van der Waals surface area contributed by atoms with Gasteiger partial charge in [-0.3, -0.25) is 14.2 Å². The second kappa shape index (κ2) is 9.15. The van der Waals surface area contributed by atoms with Gasteiger partial charge in [-0.25, -0.2) is 0 Å². The Labute approximate surface area is 161 Å². The van der Waals surface area contributed by atoms with Crippen molar-refractivity contribution in [1.82, 2.24) is 29.7 Å². The van der Waals surface area contributed by atoms with Gasteiger partial charge in [0.15, 0.2) is 5.69 Å². The Morgan fingerprint density at radius 3 is 2.70 bits per heavy atom. The molecule has 1 aliphatic carbocycles. The fourth-order valence-corrected chi connectivity index (χ4v) is 3.95. The van der Waals surface area contributed by atoms with Gasteiger partial charge in [0.2, 0.25) is 0 Å². The Hall–Kier alpha value is -2.18. The third-order valence-electron chi connectivity index (χ3n) is 5.56. The van der Waals surface area contributed by atoms with Gasteiger partial charge in [-0.1, -0.05) is 37.3 Å². The van der Waals surface area contributed by atoms with Crippen LogP contribution in [0.1, 0.15) is 66.8 Å². The van der Waals surface area contributed by atoms with Gasteiger partial charge >= 0.3 is 0 Å². The molecule has 0 radical (unpaired) electrons. The molecule has 0 N–H and O–H groups in total. The molecule has 1 saturated carbocycles. The van der Waals surface area contributed by atoms with Crippen molar-refractivity contribution >= 4 is 5.91 Å². The van der Waals surface area contributed by atoms with Crippen molar-refractivity contribution in [2.75, 3.05) is 13.6 Å². The van der Waals surface area contributed by atoms with E-state index in [9.17, 15) is 4.79 Å². The van der Waals surface area contributed by atoms with Crippen LogP contribution in [0.3, 0.4) is 0 Å². The number of aromatic nitrogens is 5. The van der Waals surface area contributed by atoms with Crippen molar-refractivity contribution < 1.29 is 4.79 Å². The van der Waals surface area contributed by atoms with Crippen LogP contribution in [0.2, 0.25) is 0 Å². The summed E-state index contributed by atoms with van der Waals surface area (Å²) in [6, 6.07) is 2.07. The van der Waals surface area contributed by atoms with Crippen molar-refractivity contribution in [3.05, 3.63) is 29.3 Å². The molecule has 7 nitrogen and oxygen atoms in total. The number of nitrogens with zero attached hydrogens (tertiary/aromatic N) is 6. The standard InChI is InChI=1S/C20H32N6O/c1-16-14-17(2)26(22-16)12-7-11-24(3)20(27)19-15-25(23-21-19)13-10-18-8-5-4-6-9-18/h14-15,18H,4-13H2,1-3H3. The van der Waals surface area contributed by atoms with E-state index >= 15 is 0 Å². The van der Waals surface area contributed by atoms with Crippen molar-refractivity contribution in [3.8, 4) is 0 Å². The number of carbonyl (C=O) groups is 1. The molecule has 0 unspecified atom stereocenters. The lowest BCUT2D eigenvalue weighted by atomic mass is 9.87. The maximum Gasteiger partial charge on any atom is 0.275 e. The van der Waals surface area contributed by atoms with E-state index < -0.39 is 0 Å². The van der Waals surface area contributed by atoms with E-state index in [1.165, 1.54) is 32.1 Å². The van der Waals surface area contributed by atoms with E-state index in [-0.39, 0.29) is 5.91 Å². The van der Waals surface area contributed by atoms with Crippen LogP contribution in [0.15, 0.2) is 12.3 Å². The molecule has 7 heteroatoms. The van der Waals surface area contributed by atoms with Crippen LogP contribution in [-0.4, -0.2) is 49.2 Å². The first-order valence-electron chi connectivity index (χ1n) is 10.2. The Balaban J connectivity index is 1.44. The number of rotatable bonds is 8. The fourth-order valence-electron chi connectivity index (χ4n) is 3.95. The minimum atomic E-state index is -0.0627. The number of amides is 1. The number of hydrogen-bond donors (Lipinski definition) is 0. The molecule has 0 atom stereocenters. The number of aryl methyl sites for hydroxylation is 4. The quantitative estimate of drug-likeness (QED) is 0.713. The van der Waals surface area contributed by atoms with Gasteiger partial charge in [-0.2, -0.15) is 5.10 Å². The highest BCUT2D eigenvalue weighted by atomic mass is 16.2. The van der Waals surface area contributed by atoms with Crippen LogP contribution in [-0.2, 0) is 13.1 Å². The van der Waals surface area contributed by atoms with Gasteiger partial charge in [0, 0.05) is 32.4 Å². The van der Waals surface area contributed by atoms with E-state index in [0.717, 1.165) is 43.2 Å². The average Bonchev–Trinajstić information content (AvgIpc) is 3.26.